The largest absolute Gasteiger partial charge is 0.310 e. The first-order chi connectivity index (χ1) is 37.2. The molecule has 0 unspecified atom stereocenters. The van der Waals surface area contributed by atoms with Crippen LogP contribution in [0.15, 0.2) is 285 Å². The number of hydrogen-bond acceptors (Lipinski definition) is 2. The Kier molecular flexibility index (Phi) is 9.79. The van der Waals surface area contributed by atoms with E-state index >= 15 is 0 Å². The van der Waals surface area contributed by atoms with Gasteiger partial charge >= 0.3 is 0 Å². The summed E-state index contributed by atoms with van der Waals surface area (Å²) in [6.07, 6.45) is 0. The average molecular weight is 954 g/mol. The zero-order valence-electron chi connectivity index (χ0n) is 41.0. The van der Waals surface area contributed by atoms with Crippen LogP contribution in [0.1, 0.15) is 22.3 Å². The first-order valence-electron chi connectivity index (χ1n) is 25.9. The van der Waals surface area contributed by atoms with E-state index in [2.05, 4.69) is 295 Å². The molecule has 0 saturated carbocycles. The van der Waals surface area contributed by atoms with E-state index in [0.29, 0.717) is 0 Å². The number of fused-ring (bicyclic) bond motifs is 12. The van der Waals surface area contributed by atoms with Crippen LogP contribution in [0.3, 0.4) is 0 Å². The molecule has 350 valence electrons. The highest BCUT2D eigenvalue weighted by atomic mass is 15.2. The molecule has 13 aromatic rings. The molecule has 0 amide bonds. The Morgan fingerprint density at radius 3 is 1.40 bits per heavy atom. The zero-order chi connectivity index (χ0) is 49.5. The second-order valence-electron chi connectivity index (χ2n) is 19.8. The maximum absolute atomic E-state index is 5.42. The number of pyridine rings is 1. The summed E-state index contributed by atoms with van der Waals surface area (Å²) < 4.78 is 2.35. The summed E-state index contributed by atoms with van der Waals surface area (Å²) in [4.78, 5) is 7.93. The molecule has 75 heavy (non-hydrogen) atoms. The minimum absolute atomic E-state index is 0.600. The fraction of sp³-hybridized carbons (Fsp3) is 0.0139. The quantitative estimate of drug-likeness (QED) is 0.159. The van der Waals surface area contributed by atoms with Gasteiger partial charge in [-0.05, 0) is 145 Å². The monoisotopic (exact) mass is 953 g/mol. The molecular formula is C72H47N3. The van der Waals surface area contributed by atoms with Crippen LogP contribution in [0.4, 0.5) is 17.1 Å². The molecule has 0 N–H and O–H groups in total. The summed E-state index contributed by atoms with van der Waals surface area (Å²) in [5.74, 6) is 0.887. The topological polar surface area (TPSA) is 21.1 Å². The maximum atomic E-state index is 5.42. The maximum Gasteiger partial charge on any atom is 0.138 e. The number of para-hydroxylation sites is 3. The molecule has 0 bridgehead atoms. The third-order valence-corrected chi connectivity index (χ3v) is 15.8. The molecule has 0 fully saturated rings. The van der Waals surface area contributed by atoms with E-state index in [9.17, 15) is 0 Å². The Morgan fingerprint density at radius 1 is 0.280 bits per heavy atom. The minimum atomic E-state index is -0.600. The third kappa shape index (κ3) is 6.72. The van der Waals surface area contributed by atoms with E-state index in [4.69, 9.17) is 4.98 Å². The van der Waals surface area contributed by atoms with Crippen molar-refractivity contribution in [2.75, 3.05) is 4.90 Å². The van der Waals surface area contributed by atoms with Crippen LogP contribution in [0.5, 0.6) is 0 Å². The summed E-state index contributed by atoms with van der Waals surface area (Å²) >= 11 is 0. The van der Waals surface area contributed by atoms with Crippen LogP contribution in [-0.2, 0) is 5.41 Å². The molecule has 3 heterocycles. The highest BCUT2D eigenvalue weighted by Crippen LogP contribution is 2.64. The molecule has 1 aliphatic heterocycles. The molecule has 0 radical (unpaired) electrons. The molecule has 15 rings (SSSR count). The van der Waals surface area contributed by atoms with E-state index in [1.807, 2.05) is 0 Å². The average Bonchev–Trinajstić information content (AvgIpc) is 4.07. The second kappa shape index (κ2) is 17.2. The van der Waals surface area contributed by atoms with Gasteiger partial charge in [-0.1, -0.05) is 218 Å². The Hall–Kier alpha value is -9.83. The van der Waals surface area contributed by atoms with Gasteiger partial charge in [-0.15, -0.1) is 0 Å². The number of aromatic nitrogens is 2. The number of rotatable bonds is 7. The third-order valence-electron chi connectivity index (χ3n) is 15.8. The van der Waals surface area contributed by atoms with Crippen molar-refractivity contribution < 1.29 is 0 Å². The SMILES string of the molecule is c1ccc(-c2cc(-c3ccccc3)cc(N3c4ccccc4C4(c5ccccc5-c5ccc(-c6ccc7c(c6)c6ccccc6n7-c6cc(-c7ccccc7)cc(-c7ccccc7)n6)cc54)c4ccccc43)c2)cc1. The van der Waals surface area contributed by atoms with Crippen molar-refractivity contribution in [2.24, 2.45) is 0 Å². The van der Waals surface area contributed by atoms with Gasteiger partial charge in [-0.3, -0.25) is 4.57 Å². The Labute approximate surface area is 436 Å². The van der Waals surface area contributed by atoms with Gasteiger partial charge < -0.3 is 4.90 Å². The lowest BCUT2D eigenvalue weighted by Crippen LogP contribution is -2.36. The normalized spacial score (nSPS) is 12.9. The predicted molar refractivity (Wildman–Crippen MR) is 311 cm³/mol. The van der Waals surface area contributed by atoms with Crippen molar-refractivity contribution in [3.63, 3.8) is 0 Å². The van der Waals surface area contributed by atoms with E-state index in [1.54, 1.807) is 0 Å². The lowest BCUT2D eigenvalue weighted by atomic mass is 9.64. The number of anilines is 3. The highest BCUT2D eigenvalue weighted by Gasteiger charge is 2.51. The Bertz CT molecular complexity index is 4180. The summed E-state index contributed by atoms with van der Waals surface area (Å²) in [5, 5.41) is 2.38. The van der Waals surface area contributed by atoms with E-state index in [-0.39, 0.29) is 0 Å². The van der Waals surface area contributed by atoms with E-state index in [0.717, 1.165) is 44.9 Å². The lowest BCUT2D eigenvalue weighted by Gasteiger charge is -2.45. The summed E-state index contributed by atoms with van der Waals surface area (Å²) in [5.41, 5.74) is 24.1. The standard InChI is InChI=1S/C72H47N3/c1-5-21-48(22-6-1)54-41-55(49-23-7-2-8-24-49)43-57(42-54)74-69-35-19-16-32-63(69)72(64-33-17-20-36-70(64)74)62-31-15-13-29-58(62)59-39-37-53(45-65(59)72)52-38-40-68-61(44-52)60-30-14-18-34-67(60)75(68)71-47-56(50-25-9-3-10-26-50)46-66(73-71)51-27-11-4-12-28-51/h1-47H. The molecule has 1 aliphatic carbocycles. The van der Waals surface area contributed by atoms with Crippen molar-refractivity contribution in [2.45, 2.75) is 5.41 Å². The van der Waals surface area contributed by atoms with E-state index < -0.39 is 5.41 Å². The second-order valence-corrected chi connectivity index (χ2v) is 19.8. The molecule has 2 aromatic heterocycles. The number of hydrogen-bond donors (Lipinski definition) is 0. The summed E-state index contributed by atoms with van der Waals surface area (Å²) in [7, 11) is 0. The Balaban J connectivity index is 0.919. The predicted octanol–water partition coefficient (Wildman–Crippen LogP) is 18.7. The smallest absolute Gasteiger partial charge is 0.138 e. The molecule has 2 aliphatic rings. The zero-order valence-corrected chi connectivity index (χ0v) is 41.0. The van der Waals surface area contributed by atoms with Gasteiger partial charge in [0.1, 0.15) is 5.82 Å². The van der Waals surface area contributed by atoms with Gasteiger partial charge in [0.05, 0.1) is 33.5 Å². The van der Waals surface area contributed by atoms with Crippen LogP contribution in [0.25, 0.3) is 94.5 Å². The van der Waals surface area contributed by atoms with Crippen LogP contribution in [-0.4, -0.2) is 9.55 Å². The van der Waals surface area contributed by atoms with Crippen molar-refractivity contribution in [3.05, 3.63) is 307 Å². The van der Waals surface area contributed by atoms with Gasteiger partial charge in [0.25, 0.3) is 0 Å². The fourth-order valence-electron chi connectivity index (χ4n) is 12.5. The van der Waals surface area contributed by atoms with Gasteiger partial charge in [-0.2, -0.15) is 0 Å². The van der Waals surface area contributed by atoms with Crippen LogP contribution in [0.2, 0.25) is 0 Å². The molecule has 3 nitrogen and oxygen atoms in total. The molecule has 1 spiro atoms. The van der Waals surface area contributed by atoms with Gasteiger partial charge in [0.15, 0.2) is 0 Å². The van der Waals surface area contributed by atoms with Crippen LogP contribution >= 0.6 is 0 Å². The summed E-state index contributed by atoms with van der Waals surface area (Å²) in [6.45, 7) is 0. The molecule has 3 heteroatoms. The number of benzene rings is 11. The van der Waals surface area contributed by atoms with Crippen molar-refractivity contribution >= 4 is 38.9 Å². The number of nitrogens with zero attached hydrogens (tertiary/aromatic N) is 3. The minimum Gasteiger partial charge on any atom is -0.310 e. The van der Waals surface area contributed by atoms with Gasteiger partial charge in [0, 0.05) is 22.0 Å². The molecule has 0 atom stereocenters. The Morgan fingerprint density at radius 2 is 0.760 bits per heavy atom. The van der Waals surface area contributed by atoms with Crippen LogP contribution < -0.4 is 4.90 Å². The van der Waals surface area contributed by atoms with Gasteiger partial charge in [0.2, 0.25) is 0 Å². The van der Waals surface area contributed by atoms with Gasteiger partial charge in [-0.25, -0.2) is 4.98 Å². The molecular weight excluding hydrogens is 907 g/mol. The first-order valence-corrected chi connectivity index (χ1v) is 25.9. The van der Waals surface area contributed by atoms with Crippen molar-refractivity contribution in [3.8, 4) is 72.7 Å². The molecule has 0 saturated heterocycles. The van der Waals surface area contributed by atoms with Crippen molar-refractivity contribution in [1.29, 1.82) is 0 Å². The highest BCUT2D eigenvalue weighted by molar-refractivity contribution is 6.10. The van der Waals surface area contributed by atoms with E-state index in [1.165, 1.54) is 88.9 Å². The first kappa shape index (κ1) is 42.8. The lowest BCUT2D eigenvalue weighted by molar-refractivity contribution is 0.753. The van der Waals surface area contributed by atoms with Crippen LogP contribution in [0, 0.1) is 0 Å². The fourth-order valence-corrected chi connectivity index (χ4v) is 12.5. The van der Waals surface area contributed by atoms with Crippen molar-refractivity contribution in [1.82, 2.24) is 9.55 Å². The summed E-state index contributed by atoms with van der Waals surface area (Å²) in [6, 6.07) is 105. The molecule has 11 aromatic carbocycles.